The molecule has 1 fully saturated rings. The van der Waals surface area contributed by atoms with Crippen LogP contribution in [0.4, 0.5) is 8.78 Å². The van der Waals surface area contributed by atoms with E-state index in [1.165, 1.54) is 42.0 Å². The standard InChI is InChI=1S/C29H32F2N2O2/c1-20(2)33(29(34)23-8-12-26(31)13-9-23)18-24-17-32(16-21-4-14-27(35-3)15-5-21)19-28(24)22-6-10-25(30)11-7-22/h4-15,20,24,28H,16-19H2,1-3H3. The van der Waals surface area contributed by atoms with Gasteiger partial charge < -0.3 is 9.64 Å². The van der Waals surface area contributed by atoms with E-state index in [4.69, 9.17) is 4.74 Å². The lowest BCUT2D eigenvalue weighted by Gasteiger charge is -2.32. The minimum atomic E-state index is -0.362. The maximum absolute atomic E-state index is 13.6. The molecule has 1 heterocycles. The van der Waals surface area contributed by atoms with Gasteiger partial charge in [0.05, 0.1) is 7.11 Å². The van der Waals surface area contributed by atoms with Crippen molar-refractivity contribution in [3.05, 3.63) is 101 Å². The van der Waals surface area contributed by atoms with E-state index in [1.54, 1.807) is 7.11 Å². The zero-order chi connectivity index (χ0) is 24.9. The van der Waals surface area contributed by atoms with E-state index in [2.05, 4.69) is 17.0 Å². The minimum absolute atomic E-state index is 0.0166. The molecule has 0 N–H and O–H groups in total. The number of nitrogens with zero attached hydrogens (tertiary/aromatic N) is 2. The molecule has 4 nitrogen and oxygen atoms in total. The van der Waals surface area contributed by atoms with Gasteiger partial charge in [-0.3, -0.25) is 9.69 Å². The molecule has 0 aromatic heterocycles. The number of hydrogen-bond donors (Lipinski definition) is 0. The lowest BCUT2D eigenvalue weighted by atomic mass is 9.88. The topological polar surface area (TPSA) is 32.8 Å². The summed E-state index contributed by atoms with van der Waals surface area (Å²) in [6, 6.07) is 20.5. The molecular formula is C29H32F2N2O2. The Labute approximate surface area is 206 Å². The Bertz CT molecular complexity index is 1110. The number of carbonyl (C=O) groups is 1. The van der Waals surface area contributed by atoms with Crippen molar-refractivity contribution in [2.75, 3.05) is 26.7 Å². The van der Waals surface area contributed by atoms with E-state index >= 15 is 0 Å². The van der Waals surface area contributed by atoms with E-state index in [9.17, 15) is 13.6 Å². The van der Waals surface area contributed by atoms with Gasteiger partial charge >= 0.3 is 0 Å². The fourth-order valence-corrected chi connectivity index (χ4v) is 4.89. The van der Waals surface area contributed by atoms with E-state index in [1.807, 2.05) is 43.0 Å². The van der Waals surface area contributed by atoms with Crippen molar-refractivity contribution >= 4 is 5.91 Å². The number of rotatable bonds is 8. The molecule has 0 radical (unpaired) electrons. The predicted octanol–water partition coefficient (Wildman–Crippen LogP) is 5.74. The average Bonchev–Trinajstić information content (AvgIpc) is 3.25. The summed E-state index contributed by atoms with van der Waals surface area (Å²) in [6.07, 6.45) is 0. The monoisotopic (exact) mass is 478 g/mol. The van der Waals surface area contributed by atoms with Crippen LogP contribution in [0.15, 0.2) is 72.8 Å². The summed E-state index contributed by atoms with van der Waals surface area (Å²) in [6.45, 7) is 6.98. The maximum atomic E-state index is 13.6. The SMILES string of the molecule is COc1ccc(CN2CC(CN(C(=O)c3ccc(F)cc3)C(C)C)C(c3ccc(F)cc3)C2)cc1. The van der Waals surface area contributed by atoms with Gasteiger partial charge in [-0.15, -0.1) is 0 Å². The molecule has 3 aromatic carbocycles. The minimum Gasteiger partial charge on any atom is -0.497 e. The third kappa shape index (κ3) is 6.06. The highest BCUT2D eigenvalue weighted by atomic mass is 19.1. The fraction of sp³-hybridized carbons (Fsp3) is 0.345. The Hall–Kier alpha value is -3.25. The summed E-state index contributed by atoms with van der Waals surface area (Å²) < 4.78 is 32.3. The molecule has 0 bridgehead atoms. The first-order chi connectivity index (χ1) is 16.8. The quantitative estimate of drug-likeness (QED) is 0.414. The predicted molar refractivity (Wildman–Crippen MR) is 133 cm³/mol. The Morgan fingerprint density at radius 2 is 1.54 bits per heavy atom. The van der Waals surface area contributed by atoms with Crippen molar-refractivity contribution < 1.29 is 18.3 Å². The molecule has 0 spiro atoms. The van der Waals surface area contributed by atoms with Crippen molar-refractivity contribution in [1.29, 1.82) is 0 Å². The van der Waals surface area contributed by atoms with Crippen molar-refractivity contribution in [2.24, 2.45) is 5.92 Å². The molecule has 35 heavy (non-hydrogen) atoms. The molecule has 0 aliphatic carbocycles. The average molecular weight is 479 g/mol. The number of ether oxygens (including phenoxy) is 1. The molecule has 1 saturated heterocycles. The summed E-state index contributed by atoms with van der Waals surface area (Å²) in [7, 11) is 1.65. The summed E-state index contributed by atoms with van der Waals surface area (Å²) >= 11 is 0. The molecule has 2 atom stereocenters. The molecule has 3 aromatic rings. The van der Waals surface area contributed by atoms with Crippen LogP contribution in [0.2, 0.25) is 0 Å². The van der Waals surface area contributed by atoms with Crippen LogP contribution in [0.1, 0.15) is 41.3 Å². The van der Waals surface area contributed by atoms with Crippen molar-refractivity contribution in [3.8, 4) is 5.75 Å². The Balaban J connectivity index is 1.56. The van der Waals surface area contributed by atoms with Crippen molar-refractivity contribution in [3.63, 3.8) is 0 Å². The van der Waals surface area contributed by atoms with Crippen LogP contribution < -0.4 is 4.74 Å². The highest BCUT2D eigenvalue weighted by Gasteiger charge is 2.36. The summed E-state index contributed by atoms with van der Waals surface area (Å²) in [4.78, 5) is 17.6. The van der Waals surface area contributed by atoms with Crippen LogP contribution in [-0.4, -0.2) is 48.5 Å². The third-order valence-electron chi connectivity index (χ3n) is 6.79. The van der Waals surface area contributed by atoms with Crippen molar-refractivity contribution in [2.45, 2.75) is 32.4 Å². The van der Waals surface area contributed by atoms with E-state index in [-0.39, 0.29) is 35.4 Å². The van der Waals surface area contributed by atoms with Crippen LogP contribution in [-0.2, 0) is 6.54 Å². The zero-order valence-electron chi connectivity index (χ0n) is 20.5. The van der Waals surface area contributed by atoms with Gasteiger partial charge in [0.15, 0.2) is 0 Å². The molecule has 2 unspecified atom stereocenters. The van der Waals surface area contributed by atoms with Crippen LogP contribution in [0.25, 0.3) is 0 Å². The molecule has 4 rings (SSSR count). The van der Waals surface area contributed by atoms with Crippen LogP contribution in [0.5, 0.6) is 5.75 Å². The number of benzene rings is 3. The highest BCUT2D eigenvalue weighted by Crippen LogP contribution is 2.35. The first-order valence-corrected chi connectivity index (χ1v) is 12.0. The molecule has 1 aliphatic heterocycles. The van der Waals surface area contributed by atoms with E-state index in [0.29, 0.717) is 12.1 Å². The number of amides is 1. The second-order valence-electron chi connectivity index (χ2n) is 9.52. The van der Waals surface area contributed by atoms with Gasteiger partial charge in [-0.2, -0.15) is 0 Å². The molecule has 184 valence electrons. The lowest BCUT2D eigenvalue weighted by molar-refractivity contribution is 0.0668. The molecule has 0 saturated carbocycles. The normalized spacial score (nSPS) is 18.1. The lowest BCUT2D eigenvalue weighted by Crippen LogP contribution is -2.42. The Kier molecular flexibility index (Phi) is 7.81. The van der Waals surface area contributed by atoms with Crippen molar-refractivity contribution in [1.82, 2.24) is 9.80 Å². The van der Waals surface area contributed by atoms with Gasteiger partial charge in [0.2, 0.25) is 0 Å². The summed E-state index contributed by atoms with van der Waals surface area (Å²) in [5.74, 6) is 0.435. The number of hydrogen-bond acceptors (Lipinski definition) is 3. The molecular weight excluding hydrogens is 446 g/mol. The number of likely N-dealkylation sites (tertiary alicyclic amines) is 1. The summed E-state index contributed by atoms with van der Waals surface area (Å²) in [5, 5.41) is 0. The van der Waals surface area contributed by atoms with Gasteiger partial charge in [0.25, 0.3) is 5.91 Å². The molecule has 1 amide bonds. The van der Waals surface area contributed by atoms with Gasteiger partial charge in [-0.1, -0.05) is 24.3 Å². The van der Waals surface area contributed by atoms with Gasteiger partial charge in [0, 0.05) is 43.7 Å². The fourth-order valence-electron chi connectivity index (χ4n) is 4.89. The zero-order valence-corrected chi connectivity index (χ0v) is 20.5. The second-order valence-corrected chi connectivity index (χ2v) is 9.52. The van der Waals surface area contributed by atoms with E-state index < -0.39 is 0 Å². The van der Waals surface area contributed by atoms with Crippen LogP contribution in [0.3, 0.4) is 0 Å². The maximum Gasteiger partial charge on any atom is 0.254 e. The molecule has 6 heteroatoms. The Morgan fingerprint density at radius 1 is 0.943 bits per heavy atom. The summed E-state index contributed by atoms with van der Waals surface area (Å²) in [5.41, 5.74) is 2.74. The first kappa shape index (κ1) is 24.9. The number of halogens is 2. The number of methoxy groups -OCH3 is 1. The third-order valence-corrected chi connectivity index (χ3v) is 6.79. The molecule has 1 aliphatic rings. The smallest absolute Gasteiger partial charge is 0.254 e. The van der Waals surface area contributed by atoms with Gasteiger partial charge in [-0.25, -0.2) is 8.78 Å². The number of carbonyl (C=O) groups excluding carboxylic acids is 1. The van der Waals surface area contributed by atoms with Crippen LogP contribution >= 0.6 is 0 Å². The van der Waals surface area contributed by atoms with E-state index in [0.717, 1.165) is 30.9 Å². The van der Waals surface area contributed by atoms with Gasteiger partial charge in [0.1, 0.15) is 17.4 Å². The highest BCUT2D eigenvalue weighted by molar-refractivity contribution is 5.94. The van der Waals surface area contributed by atoms with Crippen LogP contribution in [0, 0.1) is 17.6 Å². The largest absolute Gasteiger partial charge is 0.497 e. The Morgan fingerprint density at radius 3 is 2.11 bits per heavy atom. The second kappa shape index (κ2) is 11.0. The first-order valence-electron chi connectivity index (χ1n) is 12.0. The van der Waals surface area contributed by atoms with Gasteiger partial charge in [-0.05, 0) is 79.4 Å².